The van der Waals surface area contributed by atoms with Crippen molar-refractivity contribution in [2.45, 2.75) is 13.3 Å². The highest BCUT2D eigenvalue weighted by Crippen LogP contribution is 2.26. The number of pyridine rings is 1. The average molecular weight is 462 g/mol. The number of piperazine rings is 1. The van der Waals surface area contributed by atoms with Crippen LogP contribution in [-0.2, 0) is 6.42 Å². The Hall–Kier alpha value is -3.76. The van der Waals surface area contributed by atoms with E-state index in [1.165, 1.54) is 11.1 Å². The van der Waals surface area contributed by atoms with E-state index in [1.807, 2.05) is 41.3 Å². The predicted molar refractivity (Wildman–Crippen MR) is 144 cm³/mol. The summed E-state index contributed by atoms with van der Waals surface area (Å²) in [5, 5.41) is 0.916. The number of hydrogen-bond donors (Lipinski definition) is 0. The molecule has 1 aliphatic heterocycles. The van der Waals surface area contributed by atoms with Gasteiger partial charge < -0.3 is 4.90 Å². The van der Waals surface area contributed by atoms with Crippen molar-refractivity contribution in [3.63, 3.8) is 0 Å². The number of fused-ring (bicyclic) bond motifs is 1. The van der Waals surface area contributed by atoms with Gasteiger partial charge in [0.2, 0.25) is 0 Å². The molecule has 5 rings (SSSR count). The van der Waals surface area contributed by atoms with Crippen molar-refractivity contribution in [2.75, 3.05) is 32.7 Å². The third-order valence-corrected chi connectivity index (χ3v) is 6.74. The molecule has 0 bridgehead atoms. The Labute approximate surface area is 207 Å². The highest BCUT2D eigenvalue weighted by atomic mass is 16.2. The summed E-state index contributed by atoms with van der Waals surface area (Å²) in [5.74, 6) is 0.0921. The lowest BCUT2D eigenvalue weighted by Crippen LogP contribution is -2.48. The van der Waals surface area contributed by atoms with Gasteiger partial charge in [-0.2, -0.15) is 0 Å². The molecule has 0 saturated carbocycles. The van der Waals surface area contributed by atoms with Gasteiger partial charge in [-0.05, 0) is 29.7 Å². The highest BCUT2D eigenvalue weighted by Gasteiger charge is 2.24. The van der Waals surface area contributed by atoms with E-state index in [0.717, 1.165) is 66.9 Å². The molecule has 3 aromatic carbocycles. The molecule has 1 aromatic heterocycles. The first-order valence-corrected chi connectivity index (χ1v) is 12.4. The van der Waals surface area contributed by atoms with Gasteiger partial charge in [-0.15, -0.1) is 0 Å². The number of rotatable bonds is 6. The summed E-state index contributed by atoms with van der Waals surface area (Å²) in [7, 11) is 0. The van der Waals surface area contributed by atoms with Crippen molar-refractivity contribution in [1.29, 1.82) is 0 Å². The van der Waals surface area contributed by atoms with E-state index < -0.39 is 0 Å². The Balaban J connectivity index is 1.31. The number of aryl methyl sites for hydroxylation is 1. The zero-order valence-electron chi connectivity index (χ0n) is 20.2. The molecule has 0 unspecified atom stereocenters. The molecule has 0 aliphatic carbocycles. The predicted octanol–water partition coefficient (Wildman–Crippen LogP) is 5.94. The second kappa shape index (κ2) is 10.7. The van der Waals surface area contributed by atoms with E-state index in [2.05, 4.69) is 72.5 Å². The molecular formula is C31H31N3O. The summed E-state index contributed by atoms with van der Waals surface area (Å²) in [6, 6.07) is 28.8. The van der Waals surface area contributed by atoms with E-state index >= 15 is 0 Å². The Kier molecular flexibility index (Phi) is 7.01. The van der Waals surface area contributed by atoms with Crippen LogP contribution in [0.1, 0.15) is 28.4 Å². The second-order valence-corrected chi connectivity index (χ2v) is 9.03. The lowest BCUT2D eigenvalue weighted by atomic mass is 10.0. The molecule has 4 heteroatoms. The molecule has 176 valence electrons. The minimum absolute atomic E-state index is 0.0921. The van der Waals surface area contributed by atoms with E-state index in [9.17, 15) is 4.79 Å². The van der Waals surface area contributed by atoms with Gasteiger partial charge in [0.05, 0.1) is 16.8 Å². The van der Waals surface area contributed by atoms with Gasteiger partial charge in [-0.25, -0.2) is 4.98 Å². The normalized spacial score (nSPS) is 14.6. The van der Waals surface area contributed by atoms with Gasteiger partial charge in [0.15, 0.2) is 0 Å². The van der Waals surface area contributed by atoms with Crippen molar-refractivity contribution < 1.29 is 4.79 Å². The zero-order chi connectivity index (χ0) is 24.0. The van der Waals surface area contributed by atoms with Gasteiger partial charge in [0.1, 0.15) is 0 Å². The van der Waals surface area contributed by atoms with Gasteiger partial charge >= 0.3 is 0 Å². The molecule has 2 heterocycles. The fourth-order valence-corrected chi connectivity index (χ4v) is 4.62. The van der Waals surface area contributed by atoms with Crippen LogP contribution in [0.5, 0.6) is 0 Å². The molecule has 1 aliphatic rings. The quantitative estimate of drug-likeness (QED) is 0.357. The number of amides is 1. The van der Waals surface area contributed by atoms with E-state index in [-0.39, 0.29) is 5.91 Å². The highest BCUT2D eigenvalue weighted by molar-refractivity contribution is 6.07. The van der Waals surface area contributed by atoms with Crippen LogP contribution in [0.4, 0.5) is 0 Å². The number of hydrogen-bond acceptors (Lipinski definition) is 3. The number of nitrogens with zero attached hydrogens (tertiary/aromatic N) is 3. The van der Waals surface area contributed by atoms with Crippen LogP contribution in [-0.4, -0.2) is 53.4 Å². The Morgan fingerprint density at radius 1 is 0.886 bits per heavy atom. The molecule has 4 nitrogen and oxygen atoms in total. The fraction of sp³-hybridized carbons (Fsp3) is 0.226. The van der Waals surface area contributed by atoms with Gasteiger partial charge in [-0.3, -0.25) is 9.69 Å². The van der Waals surface area contributed by atoms with Gasteiger partial charge in [-0.1, -0.05) is 91.9 Å². The van der Waals surface area contributed by atoms with Gasteiger partial charge in [0, 0.05) is 43.7 Å². The molecule has 1 fully saturated rings. The summed E-state index contributed by atoms with van der Waals surface area (Å²) < 4.78 is 0. The molecule has 1 saturated heterocycles. The van der Waals surface area contributed by atoms with Crippen molar-refractivity contribution in [3.8, 4) is 11.3 Å². The zero-order valence-corrected chi connectivity index (χ0v) is 20.2. The lowest BCUT2D eigenvalue weighted by molar-refractivity contribution is 0.0652. The minimum atomic E-state index is 0.0921. The van der Waals surface area contributed by atoms with E-state index in [4.69, 9.17) is 4.98 Å². The van der Waals surface area contributed by atoms with Crippen LogP contribution < -0.4 is 0 Å². The van der Waals surface area contributed by atoms with Crippen LogP contribution in [0.3, 0.4) is 0 Å². The maximum atomic E-state index is 13.7. The number of para-hydroxylation sites is 1. The smallest absolute Gasteiger partial charge is 0.254 e. The van der Waals surface area contributed by atoms with Gasteiger partial charge in [0.25, 0.3) is 5.91 Å². The minimum Gasteiger partial charge on any atom is -0.336 e. The maximum Gasteiger partial charge on any atom is 0.254 e. The first-order valence-electron chi connectivity index (χ1n) is 12.4. The van der Waals surface area contributed by atoms with Crippen molar-refractivity contribution >= 4 is 22.9 Å². The fourth-order valence-electron chi connectivity index (χ4n) is 4.62. The lowest BCUT2D eigenvalue weighted by Gasteiger charge is -2.34. The topological polar surface area (TPSA) is 36.4 Å². The van der Waals surface area contributed by atoms with Crippen molar-refractivity contribution in [3.05, 3.63) is 108 Å². The standard InChI is InChI=1S/C31H31N3O/c1-2-24-14-16-26(17-15-24)30-23-28(27-12-6-7-13-29(27)32-30)31(35)34-21-19-33(20-22-34)18-8-11-25-9-4-3-5-10-25/h3-17,23H,2,18-22H2,1H3/b11-8+. The van der Waals surface area contributed by atoms with Crippen LogP contribution in [0.25, 0.3) is 28.2 Å². The molecule has 0 N–H and O–H groups in total. The molecular weight excluding hydrogens is 430 g/mol. The molecule has 0 atom stereocenters. The third-order valence-electron chi connectivity index (χ3n) is 6.74. The molecule has 0 spiro atoms. The number of carbonyl (C=O) groups is 1. The summed E-state index contributed by atoms with van der Waals surface area (Å²) in [6.45, 7) is 6.26. The largest absolute Gasteiger partial charge is 0.336 e. The van der Waals surface area contributed by atoms with E-state index in [1.54, 1.807) is 0 Å². The number of benzene rings is 3. The summed E-state index contributed by atoms with van der Waals surface area (Å²) in [6.07, 6.45) is 5.37. The summed E-state index contributed by atoms with van der Waals surface area (Å²) >= 11 is 0. The summed E-state index contributed by atoms with van der Waals surface area (Å²) in [4.78, 5) is 22.9. The van der Waals surface area contributed by atoms with Crippen molar-refractivity contribution in [2.24, 2.45) is 0 Å². The van der Waals surface area contributed by atoms with E-state index in [0.29, 0.717) is 0 Å². The average Bonchev–Trinajstić information content (AvgIpc) is 2.93. The van der Waals surface area contributed by atoms with Crippen LogP contribution in [0.15, 0.2) is 91.0 Å². The van der Waals surface area contributed by atoms with Crippen LogP contribution in [0.2, 0.25) is 0 Å². The first-order chi connectivity index (χ1) is 17.2. The Morgan fingerprint density at radius 2 is 1.60 bits per heavy atom. The number of aromatic nitrogens is 1. The maximum absolute atomic E-state index is 13.7. The third kappa shape index (κ3) is 5.33. The molecule has 1 amide bonds. The Morgan fingerprint density at radius 3 is 2.34 bits per heavy atom. The second-order valence-electron chi connectivity index (χ2n) is 9.03. The van der Waals surface area contributed by atoms with Crippen molar-refractivity contribution in [1.82, 2.24) is 14.8 Å². The van der Waals surface area contributed by atoms with Crippen LogP contribution in [0, 0.1) is 0 Å². The van der Waals surface area contributed by atoms with Crippen LogP contribution >= 0.6 is 0 Å². The monoisotopic (exact) mass is 461 g/mol. The molecule has 4 aromatic rings. The SMILES string of the molecule is CCc1ccc(-c2cc(C(=O)N3CCN(C/C=C/c4ccccc4)CC3)c3ccccc3n2)cc1. The molecule has 0 radical (unpaired) electrons. The first kappa shape index (κ1) is 23.0. The number of carbonyl (C=O) groups excluding carboxylic acids is 1. The molecule has 35 heavy (non-hydrogen) atoms. The Bertz CT molecular complexity index is 1320. The summed E-state index contributed by atoms with van der Waals surface area (Å²) in [5.41, 5.74) is 5.99.